The van der Waals surface area contributed by atoms with Gasteiger partial charge in [-0.2, -0.15) is 0 Å². The van der Waals surface area contributed by atoms with Crippen LogP contribution in [0.25, 0.3) is 0 Å². The number of quaternary nitrogens is 1. The molecule has 4 aromatic rings. The monoisotopic (exact) mass is 817 g/mol. The standard InChI is InChI=1S/C41H53NO2.2C4H10O2.2Na/c1-25-13-15-33(16-14-25)42-36-28(21-30-17-26(2)19-34(37(30)43)40(7,8)9)23-32(39(4,5)6)24-29(36)22-31-18-27(3)20-35(38(31)44)41(10,11)12;2*1-5-3-4-6-2;;/h13-20,23-24,42-44H,21-22H2,1-12H3;2*3-4H2,1-2H3;;/q;;;2*+1/p-1. The van der Waals surface area contributed by atoms with Crippen molar-refractivity contribution >= 4 is 11.4 Å². The van der Waals surface area contributed by atoms with Crippen molar-refractivity contribution in [3.63, 3.8) is 0 Å². The van der Waals surface area contributed by atoms with Crippen molar-refractivity contribution in [3.8, 4) is 11.5 Å². The molecule has 0 heterocycles. The second-order valence-corrected chi connectivity index (χ2v) is 17.9. The first-order chi connectivity index (χ1) is 26.1. The van der Waals surface area contributed by atoms with Gasteiger partial charge in [0.05, 0.1) is 26.4 Å². The van der Waals surface area contributed by atoms with Gasteiger partial charge in [0.2, 0.25) is 0 Å². The molecule has 9 heteroatoms. The minimum Gasteiger partial charge on any atom is -0.872 e. The molecule has 0 aromatic heterocycles. The summed E-state index contributed by atoms with van der Waals surface area (Å²) in [6, 6.07) is 21.3. The zero-order valence-electron chi connectivity index (χ0n) is 39.5. The van der Waals surface area contributed by atoms with E-state index in [4.69, 9.17) is 0 Å². The van der Waals surface area contributed by atoms with E-state index >= 15 is 0 Å². The molecule has 0 atom stereocenters. The zero-order chi connectivity index (χ0) is 42.4. The average molecular weight is 817 g/mol. The van der Waals surface area contributed by atoms with E-state index in [2.05, 4.69) is 156 Å². The van der Waals surface area contributed by atoms with E-state index in [1.807, 2.05) is 12.1 Å². The number of hydrogen-bond acceptors (Lipinski definition) is 6. The number of nitrogens with two attached hydrogens (primary N) is 1. The molecule has 4 rings (SSSR count). The summed E-state index contributed by atoms with van der Waals surface area (Å²) in [6.45, 7) is 28.3. The van der Waals surface area contributed by atoms with E-state index in [0.717, 1.165) is 55.9 Å². The van der Waals surface area contributed by atoms with E-state index in [0.29, 0.717) is 39.3 Å². The van der Waals surface area contributed by atoms with E-state index in [1.54, 1.807) is 28.4 Å². The average Bonchev–Trinajstić information content (AvgIpc) is 3.10. The normalized spacial score (nSPS) is 11.4. The predicted molar refractivity (Wildman–Crippen MR) is 229 cm³/mol. The summed E-state index contributed by atoms with van der Waals surface area (Å²) in [5, 5.41) is 30.0. The Morgan fingerprint density at radius 2 is 0.810 bits per heavy atom. The third-order valence-corrected chi connectivity index (χ3v) is 9.59. The van der Waals surface area contributed by atoms with Crippen LogP contribution >= 0.6 is 0 Å². The topological polar surface area (TPSA) is 99.7 Å². The summed E-state index contributed by atoms with van der Waals surface area (Å²) in [5.41, 5.74) is 11.8. The van der Waals surface area contributed by atoms with Gasteiger partial charge in [-0.05, 0) is 78.0 Å². The first-order valence-electron chi connectivity index (χ1n) is 19.7. The maximum Gasteiger partial charge on any atom is 1.00 e. The molecule has 0 fully saturated rings. The van der Waals surface area contributed by atoms with Crippen molar-refractivity contribution in [3.05, 3.63) is 116 Å². The van der Waals surface area contributed by atoms with Gasteiger partial charge in [-0.3, -0.25) is 5.32 Å². The van der Waals surface area contributed by atoms with Crippen LogP contribution in [0, 0.1) is 20.8 Å². The van der Waals surface area contributed by atoms with Crippen molar-refractivity contribution in [2.45, 2.75) is 112 Å². The molecular formula is C49H72NNa2O6+. The van der Waals surface area contributed by atoms with E-state index in [1.165, 1.54) is 11.1 Å². The Morgan fingerprint density at radius 1 is 0.466 bits per heavy atom. The minimum absolute atomic E-state index is 0. The van der Waals surface area contributed by atoms with Crippen LogP contribution in [-0.4, -0.2) is 54.9 Å². The van der Waals surface area contributed by atoms with Gasteiger partial charge in [-0.1, -0.05) is 127 Å². The molecule has 58 heavy (non-hydrogen) atoms. The first kappa shape index (κ1) is 56.3. The van der Waals surface area contributed by atoms with Crippen LogP contribution in [0.2, 0.25) is 0 Å². The van der Waals surface area contributed by atoms with Gasteiger partial charge in [0.15, 0.2) is 0 Å². The quantitative estimate of drug-likeness (QED) is 0.134. The molecule has 0 radical (unpaired) electrons. The van der Waals surface area contributed by atoms with Gasteiger partial charge in [-0.15, -0.1) is 11.5 Å². The maximum absolute atomic E-state index is 13.9. The van der Waals surface area contributed by atoms with E-state index in [-0.39, 0.29) is 86.9 Å². The van der Waals surface area contributed by atoms with Gasteiger partial charge in [0, 0.05) is 52.4 Å². The van der Waals surface area contributed by atoms with Crippen LogP contribution in [0.3, 0.4) is 0 Å². The Kier molecular flexibility index (Phi) is 25.1. The predicted octanol–water partition coefficient (Wildman–Crippen LogP) is 2.93. The Balaban J connectivity index is 0.00000202. The smallest absolute Gasteiger partial charge is 0.872 e. The van der Waals surface area contributed by atoms with Crippen molar-refractivity contribution in [2.75, 3.05) is 54.9 Å². The number of aryl methyl sites for hydroxylation is 3. The number of hydrogen-bond donors (Lipinski definition) is 1. The molecule has 0 aliphatic heterocycles. The first-order valence-corrected chi connectivity index (χ1v) is 19.7. The Hall–Kier alpha value is -1.72. The fourth-order valence-electron chi connectivity index (χ4n) is 6.34. The van der Waals surface area contributed by atoms with E-state index < -0.39 is 0 Å². The maximum atomic E-state index is 13.9. The molecule has 0 unspecified atom stereocenters. The summed E-state index contributed by atoms with van der Waals surface area (Å²) < 4.78 is 18.6. The van der Waals surface area contributed by atoms with Crippen molar-refractivity contribution in [1.82, 2.24) is 0 Å². The van der Waals surface area contributed by atoms with Gasteiger partial charge in [-0.25, -0.2) is 0 Å². The largest absolute Gasteiger partial charge is 1.00 e. The molecule has 4 aromatic carbocycles. The van der Waals surface area contributed by atoms with Crippen LogP contribution in [0.15, 0.2) is 60.7 Å². The van der Waals surface area contributed by atoms with Gasteiger partial charge in [0.1, 0.15) is 11.4 Å². The molecule has 310 valence electrons. The fourth-order valence-corrected chi connectivity index (χ4v) is 6.34. The van der Waals surface area contributed by atoms with Gasteiger partial charge in [0.25, 0.3) is 0 Å². The minimum atomic E-state index is -0.242. The molecule has 0 amide bonds. The van der Waals surface area contributed by atoms with Crippen LogP contribution in [0.5, 0.6) is 11.5 Å². The Morgan fingerprint density at radius 3 is 1.10 bits per heavy atom. The molecule has 0 spiro atoms. The summed E-state index contributed by atoms with van der Waals surface area (Å²) in [5.74, 6) is 0.255. The van der Waals surface area contributed by atoms with Gasteiger partial charge >= 0.3 is 59.1 Å². The third-order valence-electron chi connectivity index (χ3n) is 9.59. The SMILES string of the molecule is COCCOC.COCCOC.Cc1ccc([NH2+]c2c(Cc3cc(C)cc(C(C)(C)C)c3[O-])cc(C(C)(C)C)cc2Cc2cc(C)cc(C(C)(C)C)c2[O-])cc1.[Na+].[Na+]. The summed E-state index contributed by atoms with van der Waals surface area (Å²) in [7, 11) is 6.61. The number of rotatable bonds is 12. The molecule has 2 N–H and O–H groups in total. The van der Waals surface area contributed by atoms with Crippen LogP contribution in [0.1, 0.15) is 118 Å². The van der Waals surface area contributed by atoms with Crippen LogP contribution < -0.4 is 74.6 Å². The number of methoxy groups -OCH3 is 4. The molecule has 0 saturated carbocycles. The third kappa shape index (κ3) is 18.1. The molecule has 0 saturated heterocycles. The second-order valence-electron chi connectivity index (χ2n) is 17.9. The summed E-state index contributed by atoms with van der Waals surface area (Å²) in [4.78, 5) is 0. The molecular weight excluding hydrogens is 745 g/mol. The molecule has 7 nitrogen and oxygen atoms in total. The van der Waals surface area contributed by atoms with Crippen LogP contribution in [0.4, 0.5) is 11.4 Å². The Labute approximate surface area is 396 Å². The Bertz CT molecular complexity index is 1710. The molecule has 0 aliphatic rings. The summed E-state index contributed by atoms with van der Waals surface area (Å²) >= 11 is 0. The molecule has 0 bridgehead atoms. The van der Waals surface area contributed by atoms with Crippen LogP contribution in [-0.2, 0) is 48.0 Å². The zero-order valence-corrected chi connectivity index (χ0v) is 43.5. The molecule has 0 aliphatic carbocycles. The second kappa shape index (κ2) is 25.9. The number of benzene rings is 4. The fraction of sp³-hybridized carbons (Fsp3) is 0.510. The van der Waals surface area contributed by atoms with Crippen molar-refractivity contribution in [2.24, 2.45) is 0 Å². The van der Waals surface area contributed by atoms with E-state index in [9.17, 15) is 10.2 Å². The van der Waals surface area contributed by atoms with Gasteiger partial charge < -0.3 is 29.2 Å². The van der Waals surface area contributed by atoms with Crippen molar-refractivity contribution < 1.29 is 93.6 Å². The summed E-state index contributed by atoms with van der Waals surface area (Å²) in [6.07, 6.45) is 1.06. The van der Waals surface area contributed by atoms with Crippen molar-refractivity contribution in [1.29, 1.82) is 0 Å². The number of ether oxygens (including phenoxy) is 4.